The minimum atomic E-state index is -0.142. The van der Waals surface area contributed by atoms with E-state index in [1.807, 2.05) is 12.1 Å². The topological polar surface area (TPSA) is 15.7 Å². The highest BCUT2D eigenvalue weighted by molar-refractivity contribution is 5.16. The average molecular weight is 332 g/mol. The van der Waals surface area contributed by atoms with Crippen molar-refractivity contribution in [2.75, 3.05) is 39.4 Å². The number of rotatable bonds is 3. The second-order valence-electron chi connectivity index (χ2n) is 8.00. The Hall–Kier alpha value is -0.970. The summed E-state index contributed by atoms with van der Waals surface area (Å²) in [7, 11) is 0. The van der Waals surface area contributed by atoms with E-state index in [9.17, 15) is 4.39 Å². The minimum Gasteiger partial charge on any atom is -0.381 e. The summed E-state index contributed by atoms with van der Waals surface area (Å²) in [6.07, 6.45) is 6.41. The first-order chi connectivity index (χ1) is 11.7. The van der Waals surface area contributed by atoms with Crippen molar-refractivity contribution in [1.82, 2.24) is 9.80 Å². The van der Waals surface area contributed by atoms with Gasteiger partial charge in [0.1, 0.15) is 5.82 Å². The molecule has 0 aliphatic carbocycles. The SMILES string of the molecule is Fc1ccc(CN2CCCC3(CCN(C4CCOCC4)C3)C2)cc1. The molecular formula is C20H29FN2O. The van der Waals surface area contributed by atoms with Crippen LogP contribution in [0.2, 0.25) is 0 Å². The number of nitrogens with zero attached hydrogens (tertiary/aromatic N) is 2. The van der Waals surface area contributed by atoms with Gasteiger partial charge in [0.2, 0.25) is 0 Å². The molecule has 3 saturated heterocycles. The van der Waals surface area contributed by atoms with Crippen molar-refractivity contribution in [1.29, 1.82) is 0 Å². The van der Waals surface area contributed by atoms with Crippen LogP contribution in [0.4, 0.5) is 4.39 Å². The Labute approximate surface area is 144 Å². The Morgan fingerprint density at radius 2 is 1.83 bits per heavy atom. The van der Waals surface area contributed by atoms with Gasteiger partial charge in [-0.05, 0) is 68.3 Å². The maximum Gasteiger partial charge on any atom is 0.123 e. The van der Waals surface area contributed by atoms with Gasteiger partial charge in [0.25, 0.3) is 0 Å². The van der Waals surface area contributed by atoms with E-state index in [1.54, 1.807) is 12.1 Å². The molecule has 3 aliphatic rings. The normalized spacial score (nSPS) is 30.2. The first-order valence-electron chi connectivity index (χ1n) is 9.51. The molecule has 0 bridgehead atoms. The van der Waals surface area contributed by atoms with Crippen LogP contribution in [0.1, 0.15) is 37.7 Å². The monoisotopic (exact) mass is 332 g/mol. The molecule has 1 spiro atoms. The Bertz CT molecular complexity index is 543. The van der Waals surface area contributed by atoms with Crippen molar-refractivity contribution in [3.8, 4) is 0 Å². The van der Waals surface area contributed by atoms with Gasteiger partial charge in [-0.2, -0.15) is 0 Å². The van der Waals surface area contributed by atoms with E-state index in [4.69, 9.17) is 4.74 Å². The summed E-state index contributed by atoms with van der Waals surface area (Å²) < 4.78 is 18.6. The van der Waals surface area contributed by atoms with Crippen LogP contribution in [-0.4, -0.2) is 55.2 Å². The van der Waals surface area contributed by atoms with E-state index in [1.165, 1.54) is 63.8 Å². The lowest BCUT2D eigenvalue weighted by Gasteiger charge is -2.41. The summed E-state index contributed by atoms with van der Waals surface area (Å²) in [4.78, 5) is 5.33. The molecule has 4 rings (SSSR count). The second kappa shape index (κ2) is 7.11. The van der Waals surface area contributed by atoms with Crippen LogP contribution in [0.5, 0.6) is 0 Å². The van der Waals surface area contributed by atoms with E-state index < -0.39 is 0 Å². The lowest BCUT2D eigenvalue weighted by molar-refractivity contribution is 0.0302. The molecule has 1 unspecified atom stereocenters. The summed E-state index contributed by atoms with van der Waals surface area (Å²) in [5.74, 6) is -0.142. The highest BCUT2D eigenvalue weighted by Crippen LogP contribution is 2.40. The fourth-order valence-electron chi connectivity index (χ4n) is 4.96. The molecule has 1 aromatic rings. The van der Waals surface area contributed by atoms with Crippen LogP contribution >= 0.6 is 0 Å². The van der Waals surface area contributed by atoms with Gasteiger partial charge in [-0.25, -0.2) is 4.39 Å². The number of hydrogen-bond donors (Lipinski definition) is 0. The highest BCUT2D eigenvalue weighted by atomic mass is 19.1. The Kier molecular flexibility index (Phi) is 4.88. The molecule has 4 heteroatoms. The average Bonchev–Trinajstić information content (AvgIpc) is 3.01. The lowest BCUT2D eigenvalue weighted by atomic mass is 9.79. The van der Waals surface area contributed by atoms with Gasteiger partial charge in [0, 0.05) is 38.9 Å². The minimum absolute atomic E-state index is 0.142. The van der Waals surface area contributed by atoms with Crippen LogP contribution in [0.15, 0.2) is 24.3 Å². The van der Waals surface area contributed by atoms with Gasteiger partial charge in [0.05, 0.1) is 0 Å². The van der Waals surface area contributed by atoms with Crippen molar-refractivity contribution >= 4 is 0 Å². The van der Waals surface area contributed by atoms with Gasteiger partial charge in [-0.1, -0.05) is 12.1 Å². The maximum atomic E-state index is 13.1. The van der Waals surface area contributed by atoms with Gasteiger partial charge in [-0.15, -0.1) is 0 Å². The van der Waals surface area contributed by atoms with Crippen LogP contribution in [0, 0.1) is 11.2 Å². The molecule has 0 amide bonds. The van der Waals surface area contributed by atoms with E-state index >= 15 is 0 Å². The summed E-state index contributed by atoms with van der Waals surface area (Å²) in [6, 6.07) is 7.76. The number of ether oxygens (including phenoxy) is 1. The van der Waals surface area contributed by atoms with Gasteiger partial charge >= 0.3 is 0 Å². The first kappa shape index (κ1) is 16.5. The lowest BCUT2D eigenvalue weighted by Crippen LogP contribution is -2.46. The largest absolute Gasteiger partial charge is 0.381 e. The van der Waals surface area contributed by atoms with Crippen LogP contribution in [0.25, 0.3) is 0 Å². The van der Waals surface area contributed by atoms with E-state index in [2.05, 4.69) is 9.80 Å². The first-order valence-corrected chi connectivity index (χ1v) is 9.51. The molecular weight excluding hydrogens is 303 g/mol. The Morgan fingerprint density at radius 3 is 2.62 bits per heavy atom. The van der Waals surface area contributed by atoms with Gasteiger partial charge < -0.3 is 4.74 Å². The predicted molar refractivity (Wildman–Crippen MR) is 93.4 cm³/mol. The molecule has 1 aromatic carbocycles. The molecule has 0 radical (unpaired) electrons. The fourth-order valence-corrected chi connectivity index (χ4v) is 4.96. The summed E-state index contributed by atoms with van der Waals surface area (Å²) >= 11 is 0. The third-order valence-electron chi connectivity index (χ3n) is 6.23. The fraction of sp³-hybridized carbons (Fsp3) is 0.700. The highest BCUT2D eigenvalue weighted by Gasteiger charge is 2.43. The molecule has 3 nitrogen and oxygen atoms in total. The molecule has 3 aliphatic heterocycles. The van der Waals surface area contributed by atoms with E-state index in [-0.39, 0.29) is 5.82 Å². The smallest absolute Gasteiger partial charge is 0.123 e. The molecule has 0 aromatic heterocycles. The molecule has 132 valence electrons. The van der Waals surface area contributed by atoms with Crippen molar-refractivity contribution in [2.24, 2.45) is 5.41 Å². The quantitative estimate of drug-likeness (QED) is 0.845. The van der Waals surface area contributed by atoms with Crippen molar-refractivity contribution in [2.45, 2.75) is 44.7 Å². The van der Waals surface area contributed by atoms with Crippen LogP contribution in [-0.2, 0) is 11.3 Å². The van der Waals surface area contributed by atoms with Crippen molar-refractivity contribution in [3.05, 3.63) is 35.6 Å². The summed E-state index contributed by atoms with van der Waals surface area (Å²) in [5, 5.41) is 0. The van der Waals surface area contributed by atoms with Crippen LogP contribution < -0.4 is 0 Å². The molecule has 1 atom stereocenters. The van der Waals surface area contributed by atoms with Crippen molar-refractivity contribution < 1.29 is 9.13 Å². The molecule has 3 fully saturated rings. The summed E-state index contributed by atoms with van der Waals surface area (Å²) in [5.41, 5.74) is 1.71. The maximum absolute atomic E-state index is 13.1. The zero-order chi connectivity index (χ0) is 16.4. The molecule has 0 saturated carbocycles. The Balaban J connectivity index is 1.36. The zero-order valence-corrected chi connectivity index (χ0v) is 14.6. The molecule has 0 N–H and O–H groups in total. The number of hydrogen-bond acceptors (Lipinski definition) is 3. The number of likely N-dealkylation sites (tertiary alicyclic amines) is 2. The standard InChI is InChI=1S/C20H29FN2O/c21-18-4-2-17(3-5-18)14-22-10-1-8-20(15-22)9-11-23(16-20)19-6-12-24-13-7-19/h2-5,19H,1,6-16H2. The van der Waals surface area contributed by atoms with Gasteiger partial charge in [0.15, 0.2) is 0 Å². The zero-order valence-electron chi connectivity index (χ0n) is 14.6. The van der Waals surface area contributed by atoms with E-state index in [0.717, 1.165) is 25.8 Å². The number of halogens is 1. The third-order valence-corrected chi connectivity index (χ3v) is 6.23. The van der Waals surface area contributed by atoms with Crippen LogP contribution in [0.3, 0.4) is 0 Å². The van der Waals surface area contributed by atoms with Gasteiger partial charge in [-0.3, -0.25) is 9.80 Å². The number of benzene rings is 1. The second-order valence-corrected chi connectivity index (χ2v) is 8.00. The molecule has 24 heavy (non-hydrogen) atoms. The predicted octanol–water partition coefficient (Wildman–Crippen LogP) is 3.29. The van der Waals surface area contributed by atoms with E-state index in [0.29, 0.717) is 5.41 Å². The van der Waals surface area contributed by atoms with Crippen molar-refractivity contribution in [3.63, 3.8) is 0 Å². The third kappa shape index (κ3) is 3.66. The summed E-state index contributed by atoms with van der Waals surface area (Å²) in [6.45, 7) is 7.72. The Morgan fingerprint density at radius 1 is 1.04 bits per heavy atom. The molecule has 3 heterocycles. The number of piperidine rings is 1.